The molecule has 0 aromatic heterocycles. The van der Waals surface area contributed by atoms with E-state index in [2.05, 4.69) is 22.0 Å². The van der Waals surface area contributed by atoms with Crippen molar-refractivity contribution >= 4 is 5.91 Å². The van der Waals surface area contributed by atoms with Crippen LogP contribution < -0.4 is 5.32 Å². The quantitative estimate of drug-likeness (QED) is 0.750. The standard InChI is InChI=1S/C12H23N3O/c1-3-14-7-4-5-10(9-14)15-8-6-11(13-2)12(15)16/h10-11,13H,3-9H2,1-2H3. The van der Waals surface area contributed by atoms with Gasteiger partial charge in [0.05, 0.1) is 6.04 Å². The molecule has 0 saturated carbocycles. The Kier molecular flexibility index (Phi) is 3.82. The van der Waals surface area contributed by atoms with Crippen molar-refractivity contribution in [3.8, 4) is 0 Å². The average Bonchev–Trinajstić information content (AvgIpc) is 2.70. The van der Waals surface area contributed by atoms with Gasteiger partial charge in [0.2, 0.25) is 5.91 Å². The number of nitrogens with zero attached hydrogens (tertiary/aromatic N) is 2. The zero-order valence-electron chi connectivity index (χ0n) is 10.4. The van der Waals surface area contributed by atoms with Gasteiger partial charge in [-0.15, -0.1) is 0 Å². The van der Waals surface area contributed by atoms with Gasteiger partial charge in [0.25, 0.3) is 0 Å². The molecule has 0 aromatic rings. The molecule has 4 heteroatoms. The molecule has 16 heavy (non-hydrogen) atoms. The van der Waals surface area contributed by atoms with Crippen LogP contribution in [-0.4, -0.2) is 61.0 Å². The van der Waals surface area contributed by atoms with E-state index >= 15 is 0 Å². The van der Waals surface area contributed by atoms with Crippen molar-refractivity contribution in [3.63, 3.8) is 0 Å². The van der Waals surface area contributed by atoms with Crippen LogP contribution in [0.3, 0.4) is 0 Å². The molecule has 0 aromatic carbocycles. The third-order valence-corrected chi connectivity index (χ3v) is 3.96. The molecule has 2 atom stereocenters. The van der Waals surface area contributed by atoms with Crippen molar-refractivity contribution in [2.24, 2.45) is 0 Å². The number of carbonyl (C=O) groups excluding carboxylic acids is 1. The van der Waals surface area contributed by atoms with Crippen molar-refractivity contribution in [2.75, 3.05) is 33.2 Å². The van der Waals surface area contributed by atoms with Crippen LogP contribution in [0.25, 0.3) is 0 Å². The predicted octanol–water partition coefficient (Wildman–Crippen LogP) is 0.291. The van der Waals surface area contributed by atoms with E-state index in [0.29, 0.717) is 11.9 Å². The Balaban J connectivity index is 1.95. The average molecular weight is 225 g/mol. The maximum atomic E-state index is 12.1. The molecular formula is C12H23N3O. The predicted molar refractivity (Wildman–Crippen MR) is 64.3 cm³/mol. The first-order chi connectivity index (χ1) is 7.76. The lowest BCUT2D eigenvalue weighted by Crippen LogP contribution is -2.50. The molecule has 0 spiro atoms. The highest BCUT2D eigenvalue weighted by atomic mass is 16.2. The fourth-order valence-corrected chi connectivity index (χ4v) is 2.91. The Hall–Kier alpha value is -0.610. The normalized spacial score (nSPS) is 32.4. The lowest BCUT2D eigenvalue weighted by molar-refractivity contribution is -0.132. The van der Waals surface area contributed by atoms with Crippen molar-refractivity contribution < 1.29 is 4.79 Å². The van der Waals surface area contributed by atoms with Crippen molar-refractivity contribution in [2.45, 2.75) is 38.3 Å². The lowest BCUT2D eigenvalue weighted by Gasteiger charge is -2.37. The van der Waals surface area contributed by atoms with Crippen LogP contribution in [0, 0.1) is 0 Å². The number of piperidine rings is 1. The van der Waals surface area contributed by atoms with E-state index in [-0.39, 0.29) is 6.04 Å². The first-order valence-electron chi connectivity index (χ1n) is 6.46. The molecular weight excluding hydrogens is 202 g/mol. The second kappa shape index (κ2) is 5.15. The number of amides is 1. The molecule has 2 aliphatic heterocycles. The summed E-state index contributed by atoms with van der Waals surface area (Å²) in [6.07, 6.45) is 3.38. The summed E-state index contributed by atoms with van der Waals surface area (Å²) >= 11 is 0. The number of hydrogen-bond acceptors (Lipinski definition) is 3. The van der Waals surface area contributed by atoms with E-state index in [4.69, 9.17) is 0 Å². The fraction of sp³-hybridized carbons (Fsp3) is 0.917. The molecule has 1 amide bonds. The number of nitrogens with one attached hydrogen (secondary N) is 1. The summed E-state index contributed by atoms with van der Waals surface area (Å²) in [6, 6.07) is 0.525. The minimum atomic E-state index is 0.0667. The highest BCUT2D eigenvalue weighted by Gasteiger charge is 2.36. The molecule has 2 rings (SSSR count). The molecule has 2 unspecified atom stereocenters. The highest BCUT2D eigenvalue weighted by molar-refractivity contribution is 5.84. The largest absolute Gasteiger partial charge is 0.337 e. The van der Waals surface area contributed by atoms with Gasteiger partial charge in [-0.2, -0.15) is 0 Å². The second-order valence-corrected chi connectivity index (χ2v) is 4.85. The summed E-state index contributed by atoms with van der Waals surface area (Å²) < 4.78 is 0. The molecule has 0 aliphatic carbocycles. The van der Waals surface area contributed by atoms with E-state index in [1.54, 1.807) is 0 Å². The Bertz CT molecular complexity index is 257. The van der Waals surface area contributed by atoms with Gasteiger partial charge in [0, 0.05) is 19.1 Å². The molecule has 0 radical (unpaired) electrons. The van der Waals surface area contributed by atoms with Gasteiger partial charge in [-0.05, 0) is 39.4 Å². The van der Waals surface area contributed by atoms with Crippen molar-refractivity contribution in [3.05, 3.63) is 0 Å². The van der Waals surface area contributed by atoms with Crippen molar-refractivity contribution in [1.29, 1.82) is 0 Å². The Morgan fingerprint density at radius 1 is 1.38 bits per heavy atom. The Morgan fingerprint density at radius 2 is 2.19 bits per heavy atom. The number of likely N-dealkylation sites (tertiary alicyclic amines) is 2. The first-order valence-corrected chi connectivity index (χ1v) is 6.46. The van der Waals surface area contributed by atoms with E-state index in [9.17, 15) is 4.79 Å². The summed E-state index contributed by atoms with van der Waals surface area (Å²) in [5.41, 5.74) is 0. The smallest absolute Gasteiger partial charge is 0.240 e. The van der Waals surface area contributed by atoms with Crippen LogP contribution in [0.1, 0.15) is 26.2 Å². The summed E-state index contributed by atoms with van der Waals surface area (Å²) in [4.78, 5) is 16.6. The van der Waals surface area contributed by atoms with E-state index in [1.165, 1.54) is 19.4 Å². The SMILES string of the molecule is CCN1CCCC(N2CCC(NC)C2=O)C1. The third-order valence-electron chi connectivity index (χ3n) is 3.96. The Labute approximate surface area is 98.0 Å². The van der Waals surface area contributed by atoms with Crippen LogP contribution in [0.2, 0.25) is 0 Å². The summed E-state index contributed by atoms with van der Waals surface area (Å²) in [5, 5.41) is 3.10. The zero-order chi connectivity index (χ0) is 11.5. The highest BCUT2D eigenvalue weighted by Crippen LogP contribution is 2.21. The van der Waals surface area contributed by atoms with Crippen LogP contribution in [0.15, 0.2) is 0 Å². The first kappa shape index (κ1) is 11.9. The summed E-state index contributed by atoms with van der Waals surface area (Å²) in [6.45, 7) is 6.51. The van der Waals surface area contributed by atoms with E-state index < -0.39 is 0 Å². The number of likely N-dealkylation sites (N-methyl/N-ethyl adjacent to an activating group) is 2. The van der Waals surface area contributed by atoms with E-state index in [1.807, 2.05) is 7.05 Å². The minimum Gasteiger partial charge on any atom is -0.337 e. The van der Waals surface area contributed by atoms with Gasteiger partial charge in [-0.1, -0.05) is 6.92 Å². The zero-order valence-corrected chi connectivity index (χ0v) is 10.4. The van der Waals surface area contributed by atoms with Gasteiger partial charge < -0.3 is 15.1 Å². The maximum Gasteiger partial charge on any atom is 0.240 e. The van der Waals surface area contributed by atoms with Gasteiger partial charge in [0.15, 0.2) is 0 Å². The summed E-state index contributed by atoms with van der Waals surface area (Å²) in [5.74, 6) is 0.311. The van der Waals surface area contributed by atoms with Crippen LogP contribution in [-0.2, 0) is 4.79 Å². The van der Waals surface area contributed by atoms with Gasteiger partial charge in [-0.3, -0.25) is 4.79 Å². The lowest BCUT2D eigenvalue weighted by atomic mass is 10.0. The molecule has 2 saturated heterocycles. The van der Waals surface area contributed by atoms with Crippen molar-refractivity contribution in [1.82, 2.24) is 15.1 Å². The number of carbonyl (C=O) groups is 1. The fourth-order valence-electron chi connectivity index (χ4n) is 2.91. The Morgan fingerprint density at radius 3 is 2.81 bits per heavy atom. The number of hydrogen-bond donors (Lipinski definition) is 1. The molecule has 2 fully saturated rings. The second-order valence-electron chi connectivity index (χ2n) is 4.85. The third kappa shape index (κ3) is 2.23. The molecule has 0 bridgehead atoms. The molecule has 1 N–H and O–H groups in total. The topological polar surface area (TPSA) is 35.6 Å². The summed E-state index contributed by atoms with van der Waals surface area (Å²) in [7, 11) is 1.88. The molecule has 2 heterocycles. The van der Waals surface area contributed by atoms with Crippen LogP contribution >= 0.6 is 0 Å². The molecule has 92 valence electrons. The van der Waals surface area contributed by atoms with Gasteiger partial charge in [0.1, 0.15) is 0 Å². The monoisotopic (exact) mass is 225 g/mol. The van der Waals surface area contributed by atoms with E-state index in [0.717, 1.165) is 26.1 Å². The van der Waals surface area contributed by atoms with Crippen LogP contribution in [0.4, 0.5) is 0 Å². The maximum absolute atomic E-state index is 12.1. The van der Waals surface area contributed by atoms with Gasteiger partial charge in [-0.25, -0.2) is 0 Å². The molecule has 2 aliphatic rings. The molecule has 4 nitrogen and oxygen atoms in total. The number of rotatable bonds is 3. The minimum absolute atomic E-state index is 0.0667. The van der Waals surface area contributed by atoms with Crippen LogP contribution in [0.5, 0.6) is 0 Å². The van der Waals surface area contributed by atoms with Gasteiger partial charge >= 0.3 is 0 Å².